The molecule has 1 aromatic heterocycles. The molecule has 26 heavy (non-hydrogen) atoms. The van der Waals surface area contributed by atoms with Crippen molar-refractivity contribution in [2.75, 3.05) is 5.32 Å². The number of nitrogens with one attached hydrogen (secondary N) is 2. The van der Waals surface area contributed by atoms with Crippen LogP contribution in [0.25, 0.3) is 10.9 Å². The number of pyridine rings is 1. The molecule has 4 nitrogen and oxygen atoms in total. The fourth-order valence-electron chi connectivity index (χ4n) is 2.87. The molecule has 0 spiro atoms. The van der Waals surface area contributed by atoms with Gasteiger partial charge in [-0.1, -0.05) is 44.5 Å². The van der Waals surface area contributed by atoms with E-state index in [4.69, 9.17) is 11.6 Å². The van der Waals surface area contributed by atoms with E-state index in [0.29, 0.717) is 11.2 Å². The molecule has 0 unspecified atom stereocenters. The van der Waals surface area contributed by atoms with Gasteiger partial charge in [-0.2, -0.15) is 0 Å². The number of aromatic amines is 1. The van der Waals surface area contributed by atoms with E-state index < -0.39 is 11.7 Å². The summed E-state index contributed by atoms with van der Waals surface area (Å²) < 4.78 is 13.9. The van der Waals surface area contributed by atoms with E-state index in [2.05, 4.69) is 10.3 Å². The molecule has 0 aliphatic rings. The van der Waals surface area contributed by atoms with Crippen LogP contribution in [0.15, 0.2) is 47.3 Å². The van der Waals surface area contributed by atoms with E-state index in [-0.39, 0.29) is 21.6 Å². The molecule has 2 N–H and O–H groups in total. The molecule has 0 aliphatic carbocycles. The van der Waals surface area contributed by atoms with Crippen LogP contribution in [0, 0.1) is 5.82 Å². The van der Waals surface area contributed by atoms with Crippen LogP contribution in [-0.2, 0) is 5.41 Å². The topological polar surface area (TPSA) is 62.0 Å². The number of benzene rings is 2. The van der Waals surface area contributed by atoms with Gasteiger partial charge >= 0.3 is 0 Å². The van der Waals surface area contributed by atoms with Gasteiger partial charge < -0.3 is 10.3 Å². The number of hydrogen-bond donors (Lipinski definition) is 2. The first-order valence-corrected chi connectivity index (χ1v) is 8.47. The van der Waals surface area contributed by atoms with E-state index in [1.54, 1.807) is 18.2 Å². The number of anilines is 1. The number of carbonyl (C=O) groups excluding carboxylic acids is 1. The number of hydrogen-bond acceptors (Lipinski definition) is 2. The van der Waals surface area contributed by atoms with Gasteiger partial charge in [-0.25, -0.2) is 4.39 Å². The SMILES string of the molecule is CC(C)(C)c1cc(=O)[nH]c2cc(NC(=O)c3c(F)cccc3Cl)ccc12. The summed E-state index contributed by atoms with van der Waals surface area (Å²) in [4.78, 5) is 27.1. The van der Waals surface area contributed by atoms with Gasteiger partial charge in [0, 0.05) is 17.1 Å². The van der Waals surface area contributed by atoms with Gasteiger partial charge in [-0.3, -0.25) is 9.59 Å². The van der Waals surface area contributed by atoms with Crippen molar-refractivity contribution in [3.63, 3.8) is 0 Å². The summed E-state index contributed by atoms with van der Waals surface area (Å²) in [6.45, 7) is 6.07. The van der Waals surface area contributed by atoms with E-state index in [0.717, 1.165) is 10.9 Å². The molecule has 0 saturated heterocycles. The highest BCUT2D eigenvalue weighted by Gasteiger charge is 2.19. The number of halogens is 2. The summed E-state index contributed by atoms with van der Waals surface area (Å²) in [5.74, 6) is -1.35. The Morgan fingerprint density at radius 3 is 2.54 bits per heavy atom. The molecule has 0 radical (unpaired) electrons. The molecule has 0 fully saturated rings. The predicted molar refractivity (Wildman–Crippen MR) is 103 cm³/mol. The normalized spacial score (nSPS) is 11.6. The lowest BCUT2D eigenvalue weighted by molar-refractivity contribution is 0.102. The zero-order chi connectivity index (χ0) is 19.1. The van der Waals surface area contributed by atoms with E-state index >= 15 is 0 Å². The highest BCUT2D eigenvalue weighted by molar-refractivity contribution is 6.34. The molecule has 0 aliphatic heterocycles. The molecule has 1 heterocycles. The molecule has 2 aromatic carbocycles. The first kappa shape index (κ1) is 18.1. The number of H-pyrrole nitrogens is 1. The maximum Gasteiger partial charge on any atom is 0.260 e. The van der Waals surface area contributed by atoms with E-state index in [1.807, 2.05) is 26.8 Å². The second-order valence-electron chi connectivity index (χ2n) is 7.11. The second kappa shape index (κ2) is 6.57. The van der Waals surface area contributed by atoms with Crippen LogP contribution in [0.4, 0.5) is 10.1 Å². The van der Waals surface area contributed by atoms with Gasteiger partial charge in [-0.15, -0.1) is 0 Å². The summed E-state index contributed by atoms with van der Waals surface area (Å²) in [5.41, 5.74) is 1.29. The highest BCUT2D eigenvalue weighted by atomic mass is 35.5. The summed E-state index contributed by atoms with van der Waals surface area (Å²) in [5, 5.41) is 3.55. The van der Waals surface area contributed by atoms with Crippen LogP contribution in [0.2, 0.25) is 5.02 Å². The average Bonchev–Trinajstić information content (AvgIpc) is 2.52. The molecule has 0 atom stereocenters. The van der Waals surface area contributed by atoms with Crippen LogP contribution < -0.4 is 10.9 Å². The van der Waals surface area contributed by atoms with Gasteiger partial charge in [0.2, 0.25) is 5.56 Å². The molecule has 0 bridgehead atoms. The van der Waals surface area contributed by atoms with Gasteiger partial charge in [-0.05, 0) is 35.2 Å². The molecule has 1 amide bonds. The molecule has 0 saturated carbocycles. The molecular formula is C20H18ClFN2O2. The summed E-state index contributed by atoms with van der Waals surface area (Å²) in [6, 6.07) is 10.8. The van der Waals surface area contributed by atoms with Crippen LogP contribution in [0.1, 0.15) is 36.7 Å². The fraction of sp³-hybridized carbons (Fsp3) is 0.200. The van der Waals surface area contributed by atoms with Gasteiger partial charge in [0.1, 0.15) is 5.82 Å². The largest absolute Gasteiger partial charge is 0.322 e. The number of fused-ring (bicyclic) bond motifs is 1. The molecule has 3 rings (SSSR count). The minimum absolute atomic E-state index is 0.0340. The van der Waals surface area contributed by atoms with Crippen molar-refractivity contribution < 1.29 is 9.18 Å². The number of amides is 1. The Morgan fingerprint density at radius 2 is 1.88 bits per heavy atom. The Morgan fingerprint density at radius 1 is 1.15 bits per heavy atom. The predicted octanol–water partition coefficient (Wildman–Crippen LogP) is 4.87. The van der Waals surface area contributed by atoms with Crippen LogP contribution in [0.3, 0.4) is 0 Å². The van der Waals surface area contributed by atoms with Crippen molar-refractivity contribution in [3.8, 4) is 0 Å². The van der Waals surface area contributed by atoms with Crippen LogP contribution in [-0.4, -0.2) is 10.9 Å². The fourth-order valence-corrected chi connectivity index (χ4v) is 3.12. The third-order valence-electron chi connectivity index (χ3n) is 4.10. The molecule has 3 aromatic rings. The first-order chi connectivity index (χ1) is 12.2. The van der Waals surface area contributed by atoms with Crippen molar-refractivity contribution in [2.45, 2.75) is 26.2 Å². The lowest BCUT2D eigenvalue weighted by Crippen LogP contribution is -2.18. The minimum Gasteiger partial charge on any atom is -0.322 e. The molecule has 134 valence electrons. The zero-order valence-corrected chi connectivity index (χ0v) is 15.4. The van der Waals surface area contributed by atoms with Crippen molar-refractivity contribution in [3.05, 3.63) is 74.8 Å². The first-order valence-electron chi connectivity index (χ1n) is 8.10. The smallest absolute Gasteiger partial charge is 0.260 e. The standard InChI is InChI=1S/C20H18ClFN2O2/c1-20(2,3)13-10-17(25)24-16-9-11(7-8-12(13)16)23-19(26)18-14(21)5-4-6-15(18)22/h4-10H,1-3H3,(H,23,26)(H,24,25). The Labute approximate surface area is 155 Å². The van der Waals surface area contributed by atoms with Crippen molar-refractivity contribution in [1.29, 1.82) is 0 Å². The van der Waals surface area contributed by atoms with E-state index in [1.165, 1.54) is 18.2 Å². The van der Waals surface area contributed by atoms with Gasteiger partial charge in [0.15, 0.2) is 0 Å². The average molecular weight is 373 g/mol. The number of aromatic nitrogens is 1. The minimum atomic E-state index is -0.695. The van der Waals surface area contributed by atoms with Crippen molar-refractivity contribution in [1.82, 2.24) is 4.98 Å². The lowest BCUT2D eigenvalue weighted by Gasteiger charge is -2.21. The number of carbonyl (C=O) groups is 1. The quantitative estimate of drug-likeness (QED) is 0.674. The Bertz CT molecular complexity index is 1050. The summed E-state index contributed by atoms with van der Waals surface area (Å²) in [6.07, 6.45) is 0. The maximum absolute atomic E-state index is 13.9. The van der Waals surface area contributed by atoms with Crippen LogP contribution >= 0.6 is 11.6 Å². The third kappa shape index (κ3) is 3.48. The Kier molecular flexibility index (Phi) is 4.59. The number of rotatable bonds is 2. The van der Waals surface area contributed by atoms with Crippen LogP contribution in [0.5, 0.6) is 0 Å². The third-order valence-corrected chi connectivity index (χ3v) is 4.41. The van der Waals surface area contributed by atoms with Gasteiger partial charge in [0.25, 0.3) is 5.91 Å². The van der Waals surface area contributed by atoms with Gasteiger partial charge in [0.05, 0.1) is 16.1 Å². The lowest BCUT2D eigenvalue weighted by atomic mass is 9.85. The summed E-state index contributed by atoms with van der Waals surface area (Å²) in [7, 11) is 0. The zero-order valence-electron chi connectivity index (χ0n) is 14.6. The highest BCUT2D eigenvalue weighted by Crippen LogP contribution is 2.29. The molecule has 6 heteroatoms. The monoisotopic (exact) mass is 372 g/mol. The second-order valence-corrected chi connectivity index (χ2v) is 7.52. The maximum atomic E-state index is 13.9. The molecular weight excluding hydrogens is 355 g/mol. The summed E-state index contributed by atoms with van der Waals surface area (Å²) >= 11 is 5.93. The Hall–Kier alpha value is -2.66. The Balaban J connectivity index is 2.03. The van der Waals surface area contributed by atoms with Crippen molar-refractivity contribution in [2.24, 2.45) is 0 Å². The van der Waals surface area contributed by atoms with E-state index in [9.17, 15) is 14.0 Å². The van der Waals surface area contributed by atoms with Crippen molar-refractivity contribution >= 4 is 34.1 Å².